The molecule has 2 rings (SSSR count). The summed E-state index contributed by atoms with van der Waals surface area (Å²) in [5.41, 5.74) is 0. The fraction of sp³-hybridized carbons (Fsp3) is 1.00. The van der Waals surface area contributed by atoms with Gasteiger partial charge in [-0.25, -0.2) is 0 Å². The molecule has 0 aromatic heterocycles. The van der Waals surface area contributed by atoms with Gasteiger partial charge >= 0.3 is 0 Å². The maximum absolute atomic E-state index is 5.46. The Balaban J connectivity index is 2.11. The second-order valence-corrected chi connectivity index (χ2v) is 3.19. The molecule has 0 radical (unpaired) electrons. The van der Waals surface area contributed by atoms with Gasteiger partial charge in [0.15, 0.2) is 0 Å². The second-order valence-electron chi connectivity index (χ2n) is 3.19. The average molecular weight is 112 g/mol. The summed E-state index contributed by atoms with van der Waals surface area (Å²) < 4.78 is 5.46. The third-order valence-corrected chi connectivity index (χ3v) is 2.45. The summed E-state index contributed by atoms with van der Waals surface area (Å²) in [6, 6.07) is 0. The lowest BCUT2D eigenvalue weighted by Gasteiger charge is -2.16. The zero-order valence-corrected chi connectivity index (χ0v) is 5.26. The second kappa shape index (κ2) is 1.47. The van der Waals surface area contributed by atoms with Crippen molar-refractivity contribution >= 4 is 0 Å². The molecule has 2 fully saturated rings. The van der Waals surface area contributed by atoms with Crippen LogP contribution < -0.4 is 0 Å². The Kier molecular flexibility index (Phi) is 0.884. The fourth-order valence-corrected chi connectivity index (χ4v) is 1.96. The summed E-state index contributed by atoms with van der Waals surface area (Å²) in [7, 11) is 0. The highest BCUT2D eigenvalue weighted by molar-refractivity contribution is 4.86. The highest BCUT2D eigenvalue weighted by atomic mass is 16.5. The summed E-state index contributed by atoms with van der Waals surface area (Å²) in [5.74, 6) is 1.78. The van der Waals surface area contributed by atoms with Gasteiger partial charge in [-0.3, -0.25) is 0 Å². The summed E-state index contributed by atoms with van der Waals surface area (Å²) >= 11 is 0. The Labute approximate surface area is 50.0 Å². The minimum absolute atomic E-state index is 0.639. The van der Waals surface area contributed by atoms with Gasteiger partial charge in [0.1, 0.15) is 0 Å². The Bertz CT molecular complexity index is 98.6. The Morgan fingerprint density at radius 1 is 1.38 bits per heavy atom. The Morgan fingerprint density at radius 3 is 2.50 bits per heavy atom. The normalized spacial score (nSPS) is 52.9. The molecule has 2 bridgehead atoms. The summed E-state index contributed by atoms with van der Waals surface area (Å²) in [4.78, 5) is 0. The van der Waals surface area contributed by atoms with Gasteiger partial charge in [-0.2, -0.15) is 0 Å². The Morgan fingerprint density at radius 2 is 2.25 bits per heavy atom. The SMILES string of the molecule is C[C@H]1C[C@@H]2CO[C@H]1C2. The molecule has 46 valence electrons. The van der Waals surface area contributed by atoms with E-state index in [2.05, 4.69) is 6.92 Å². The first-order valence-corrected chi connectivity index (χ1v) is 3.48. The minimum atomic E-state index is 0.639. The minimum Gasteiger partial charge on any atom is -0.378 e. The molecule has 0 aromatic carbocycles. The first-order chi connectivity index (χ1) is 3.86. The summed E-state index contributed by atoms with van der Waals surface area (Å²) in [6.45, 7) is 3.35. The van der Waals surface area contributed by atoms with Crippen LogP contribution in [0.4, 0.5) is 0 Å². The first-order valence-electron chi connectivity index (χ1n) is 3.48. The highest BCUT2D eigenvalue weighted by Crippen LogP contribution is 2.38. The van der Waals surface area contributed by atoms with Gasteiger partial charge in [-0.15, -0.1) is 0 Å². The maximum Gasteiger partial charge on any atom is 0.0604 e. The summed E-state index contributed by atoms with van der Waals surface area (Å²) in [6.07, 6.45) is 3.41. The van der Waals surface area contributed by atoms with Crippen molar-refractivity contribution in [3.05, 3.63) is 0 Å². The third kappa shape index (κ3) is 0.510. The molecule has 2 aliphatic rings. The van der Waals surface area contributed by atoms with Crippen molar-refractivity contribution in [2.24, 2.45) is 11.8 Å². The monoisotopic (exact) mass is 112 g/mol. The van der Waals surface area contributed by atoms with Gasteiger partial charge in [0.05, 0.1) is 6.10 Å². The van der Waals surface area contributed by atoms with E-state index in [1.807, 2.05) is 0 Å². The van der Waals surface area contributed by atoms with Crippen molar-refractivity contribution in [1.29, 1.82) is 0 Å². The molecule has 0 aromatic rings. The van der Waals surface area contributed by atoms with Crippen molar-refractivity contribution in [2.45, 2.75) is 25.9 Å². The van der Waals surface area contributed by atoms with Crippen LogP contribution in [0, 0.1) is 11.8 Å². The van der Waals surface area contributed by atoms with Crippen LogP contribution in [0.2, 0.25) is 0 Å². The van der Waals surface area contributed by atoms with Gasteiger partial charge in [-0.05, 0) is 24.7 Å². The van der Waals surface area contributed by atoms with E-state index in [-0.39, 0.29) is 0 Å². The molecular weight excluding hydrogens is 100 g/mol. The lowest BCUT2D eigenvalue weighted by Crippen LogP contribution is -2.16. The number of hydrogen-bond donors (Lipinski definition) is 0. The average Bonchev–Trinajstić information content (AvgIpc) is 2.23. The molecule has 8 heavy (non-hydrogen) atoms. The van der Waals surface area contributed by atoms with Crippen molar-refractivity contribution in [1.82, 2.24) is 0 Å². The molecule has 0 spiro atoms. The van der Waals surface area contributed by atoms with Crippen molar-refractivity contribution < 1.29 is 4.74 Å². The van der Waals surface area contributed by atoms with E-state index in [0.29, 0.717) is 6.10 Å². The molecule has 1 aliphatic carbocycles. The molecule has 1 saturated heterocycles. The smallest absolute Gasteiger partial charge is 0.0604 e. The van der Waals surface area contributed by atoms with Crippen LogP contribution in [-0.2, 0) is 4.74 Å². The molecule has 0 amide bonds. The van der Waals surface area contributed by atoms with E-state index in [9.17, 15) is 0 Å². The number of ether oxygens (including phenoxy) is 1. The number of fused-ring (bicyclic) bond motifs is 2. The topological polar surface area (TPSA) is 9.23 Å². The number of hydrogen-bond acceptors (Lipinski definition) is 1. The molecule has 1 saturated carbocycles. The van der Waals surface area contributed by atoms with E-state index in [1.54, 1.807) is 0 Å². The molecular formula is C7H12O. The van der Waals surface area contributed by atoms with Crippen molar-refractivity contribution in [3.63, 3.8) is 0 Å². The van der Waals surface area contributed by atoms with Crippen LogP contribution in [0.15, 0.2) is 0 Å². The van der Waals surface area contributed by atoms with E-state index in [4.69, 9.17) is 4.74 Å². The fourth-order valence-electron chi connectivity index (χ4n) is 1.96. The van der Waals surface area contributed by atoms with Gasteiger partial charge in [0.25, 0.3) is 0 Å². The third-order valence-electron chi connectivity index (χ3n) is 2.45. The molecule has 0 N–H and O–H groups in total. The predicted molar refractivity (Wildman–Crippen MR) is 31.6 cm³/mol. The molecule has 1 heteroatoms. The van der Waals surface area contributed by atoms with Crippen LogP contribution in [0.25, 0.3) is 0 Å². The van der Waals surface area contributed by atoms with Gasteiger partial charge in [-0.1, -0.05) is 6.92 Å². The molecule has 1 heterocycles. The van der Waals surface area contributed by atoms with E-state index < -0.39 is 0 Å². The predicted octanol–water partition coefficient (Wildman–Crippen LogP) is 1.43. The van der Waals surface area contributed by atoms with Gasteiger partial charge in [0, 0.05) is 6.61 Å². The lowest BCUT2D eigenvalue weighted by molar-refractivity contribution is 0.0411. The molecule has 1 aliphatic heterocycles. The van der Waals surface area contributed by atoms with Crippen molar-refractivity contribution in [3.8, 4) is 0 Å². The lowest BCUT2D eigenvalue weighted by atomic mass is 10.1. The molecule has 3 atom stereocenters. The standard InChI is InChI=1S/C7H12O/c1-5-2-6-3-7(5)8-4-6/h5-7H,2-4H2,1H3/t5-,6-,7-/m0/s1. The van der Waals surface area contributed by atoms with Gasteiger partial charge in [0.2, 0.25) is 0 Å². The Hall–Kier alpha value is -0.0400. The van der Waals surface area contributed by atoms with Crippen LogP contribution in [-0.4, -0.2) is 12.7 Å². The highest BCUT2D eigenvalue weighted by Gasteiger charge is 2.37. The zero-order valence-electron chi connectivity index (χ0n) is 5.26. The van der Waals surface area contributed by atoms with Crippen LogP contribution >= 0.6 is 0 Å². The zero-order chi connectivity index (χ0) is 5.56. The largest absolute Gasteiger partial charge is 0.378 e. The maximum atomic E-state index is 5.46. The molecule has 0 unspecified atom stereocenters. The summed E-state index contributed by atoms with van der Waals surface area (Å²) in [5, 5.41) is 0. The quantitative estimate of drug-likeness (QED) is 0.460. The van der Waals surface area contributed by atoms with Crippen LogP contribution in [0.1, 0.15) is 19.8 Å². The first kappa shape index (κ1) is 4.80. The van der Waals surface area contributed by atoms with E-state index in [1.165, 1.54) is 12.8 Å². The van der Waals surface area contributed by atoms with Crippen LogP contribution in [0.5, 0.6) is 0 Å². The van der Waals surface area contributed by atoms with Gasteiger partial charge < -0.3 is 4.74 Å². The van der Waals surface area contributed by atoms with Crippen LogP contribution in [0.3, 0.4) is 0 Å². The van der Waals surface area contributed by atoms with Crippen molar-refractivity contribution in [2.75, 3.05) is 6.61 Å². The number of rotatable bonds is 0. The van der Waals surface area contributed by atoms with E-state index in [0.717, 1.165) is 18.4 Å². The van der Waals surface area contributed by atoms with E-state index >= 15 is 0 Å². The molecule has 1 nitrogen and oxygen atoms in total.